The first-order valence-corrected chi connectivity index (χ1v) is 12.3. The summed E-state index contributed by atoms with van der Waals surface area (Å²) < 4.78 is 21.2. The number of aryl methyl sites for hydroxylation is 1. The second-order valence-electron chi connectivity index (χ2n) is 8.10. The maximum Gasteiger partial charge on any atom is 0.282 e. The monoisotopic (exact) mass is 581 g/mol. The maximum atomic E-state index is 13.8. The van der Waals surface area contributed by atoms with E-state index in [0.29, 0.717) is 34.0 Å². The van der Waals surface area contributed by atoms with Crippen LogP contribution in [0.3, 0.4) is 0 Å². The smallest absolute Gasteiger partial charge is 0.282 e. The lowest BCUT2D eigenvalue weighted by Crippen LogP contribution is -2.23. The van der Waals surface area contributed by atoms with Gasteiger partial charge < -0.3 is 10.1 Å². The number of anilines is 1. The minimum Gasteiger partial charge on any atom is -0.483 e. The third kappa shape index (κ3) is 6.09. The van der Waals surface area contributed by atoms with Crippen molar-refractivity contribution in [2.75, 3.05) is 11.9 Å². The van der Waals surface area contributed by atoms with Crippen LogP contribution in [0.25, 0.3) is 10.9 Å². The highest BCUT2D eigenvalue weighted by atomic mass is 79.9. The highest BCUT2D eigenvalue weighted by molar-refractivity contribution is 9.10. The Bertz CT molecular complexity index is 1620. The van der Waals surface area contributed by atoms with Gasteiger partial charge in [-0.2, -0.15) is 9.78 Å². The largest absolute Gasteiger partial charge is 0.483 e. The quantitative estimate of drug-likeness (QED) is 0.167. The van der Waals surface area contributed by atoms with Crippen LogP contribution in [0.15, 0.2) is 75.0 Å². The minimum absolute atomic E-state index is 0.00939. The van der Waals surface area contributed by atoms with Gasteiger partial charge in [0.25, 0.3) is 17.2 Å². The molecule has 0 aliphatic rings. The van der Waals surface area contributed by atoms with Crippen LogP contribution in [0.1, 0.15) is 24.7 Å². The van der Waals surface area contributed by atoms with Crippen LogP contribution in [0.4, 0.5) is 15.8 Å². The van der Waals surface area contributed by atoms with Crippen LogP contribution in [-0.2, 0) is 11.2 Å². The molecule has 38 heavy (non-hydrogen) atoms. The molecule has 194 valence electrons. The van der Waals surface area contributed by atoms with Crippen molar-refractivity contribution in [3.05, 3.63) is 103 Å². The number of nitrogens with one attached hydrogen (secondary N) is 1. The van der Waals surface area contributed by atoms with Crippen molar-refractivity contribution in [2.45, 2.75) is 19.8 Å². The number of amides is 1. The van der Waals surface area contributed by atoms with Gasteiger partial charge in [-0.15, -0.1) is 0 Å². The Morgan fingerprint density at radius 1 is 1.24 bits per heavy atom. The first kappa shape index (κ1) is 26.6. The zero-order chi connectivity index (χ0) is 27.2. The lowest BCUT2D eigenvalue weighted by atomic mass is 10.2. The Labute approximate surface area is 224 Å². The predicted molar refractivity (Wildman–Crippen MR) is 144 cm³/mol. The predicted octanol–water partition coefficient (Wildman–Crippen LogP) is 5.06. The number of halogens is 2. The molecular weight excluding hydrogens is 561 g/mol. The molecular formula is C26H21BrFN5O5. The van der Waals surface area contributed by atoms with E-state index in [0.717, 1.165) is 4.68 Å². The number of rotatable bonds is 9. The van der Waals surface area contributed by atoms with Gasteiger partial charge in [-0.1, -0.05) is 35.0 Å². The number of aromatic nitrogens is 2. The van der Waals surface area contributed by atoms with Crippen LogP contribution < -0.4 is 15.6 Å². The molecule has 0 bridgehead atoms. The second-order valence-corrected chi connectivity index (χ2v) is 9.01. The highest BCUT2D eigenvalue weighted by Crippen LogP contribution is 2.23. The number of ether oxygens (including phenoxy) is 1. The second kappa shape index (κ2) is 11.7. The van der Waals surface area contributed by atoms with E-state index in [1.54, 1.807) is 24.3 Å². The average molecular weight is 582 g/mol. The molecule has 0 spiro atoms. The van der Waals surface area contributed by atoms with Gasteiger partial charge in [-0.25, -0.2) is 9.37 Å². The lowest BCUT2D eigenvalue weighted by Gasteiger charge is -2.11. The van der Waals surface area contributed by atoms with E-state index in [9.17, 15) is 24.1 Å². The summed E-state index contributed by atoms with van der Waals surface area (Å²) in [6.45, 7) is 1.43. The van der Waals surface area contributed by atoms with Crippen LogP contribution in [0, 0.1) is 15.9 Å². The van der Waals surface area contributed by atoms with Gasteiger partial charge in [0, 0.05) is 28.6 Å². The van der Waals surface area contributed by atoms with Gasteiger partial charge in [-0.05, 0) is 42.8 Å². The SMILES string of the molecule is CCCc1nc2ccc(Br)cc2c(=O)n1N=Cc1cc([N+](=O)[O-])ccc1OCC(=O)Nc1ccccc1F. The summed E-state index contributed by atoms with van der Waals surface area (Å²) in [5, 5.41) is 18.4. The van der Waals surface area contributed by atoms with Gasteiger partial charge in [0.2, 0.25) is 0 Å². The van der Waals surface area contributed by atoms with Crippen molar-refractivity contribution in [1.82, 2.24) is 9.66 Å². The van der Waals surface area contributed by atoms with Crippen molar-refractivity contribution in [3.63, 3.8) is 0 Å². The zero-order valence-corrected chi connectivity index (χ0v) is 21.6. The highest BCUT2D eigenvalue weighted by Gasteiger charge is 2.15. The first-order valence-electron chi connectivity index (χ1n) is 11.5. The summed E-state index contributed by atoms with van der Waals surface area (Å²) in [6.07, 6.45) is 2.41. The number of nitrogens with zero attached hydrogens (tertiary/aromatic N) is 4. The number of para-hydroxylation sites is 1. The Kier molecular flexibility index (Phi) is 8.22. The number of nitro groups is 1. The molecule has 0 unspecified atom stereocenters. The third-order valence-electron chi connectivity index (χ3n) is 5.37. The van der Waals surface area contributed by atoms with Crippen LogP contribution in [0.5, 0.6) is 5.75 Å². The molecule has 4 rings (SSSR count). The van der Waals surface area contributed by atoms with E-state index >= 15 is 0 Å². The van der Waals surface area contributed by atoms with Gasteiger partial charge in [0.15, 0.2) is 6.61 Å². The Morgan fingerprint density at radius 3 is 2.76 bits per heavy atom. The molecule has 0 saturated heterocycles. The fraction of sp³-hybridized carbons (Fsp3) is 0.154. The summed E-state index contributed by atoms with van der Waals surface area (Å²) in [7, 11) is 0. The van der Waals surface area contributed by atoms with Crippen molar-refractivity contribution in [2.24, 2.45) is 5.10 Å². The number of fused-ring (bicyclic) bond motifs is 1. The van der Waals surface area contributed by atoms with Gasteiger partial charge in [-0.3, -0.25) is 19.7 Å². The number of non-ortho nitro benzene ring substituents is 1. The number of hydrogen-bond acceptors (Lipinski definition) is 7. The molecule has 12 heteroatoms. The van der Waals surface area contributed by atoms with E-state index in [2.05, 4.69) is 31.3 Å². The van der Waals surface area contributed by atoms with Gasteiger partial charge >= 0.3 is 0 Å². The first-order chi connectivity index (χ1) is 18.3. The summed E-state index contributed by atoms with van der Waals surface area (Å²) in [4.78, 5) is 40.9. The molecule has 0 fully saturated rings. The van der Waals surface area contributed by atoms with E-state index in [4.69, 9.17) is 4.74 Å². The molecule has 4 aromatic rings. The molecule has 3 aromatic carbocycles. The Hall–Kier alpha value is -4.45. The maximum absolute atomic E-state index is 13.8. The van der Waals surface area contributed by atoms with E-state index in [-0.39, 0.29) is 22.7 Å². The van der Waals surface area contributed by atoms with Crippen molar-refractivity contribution in [1.29, 1.82) is 0 Å². The normalized spacial score (nSPS) is 11.1. The Balaban J connectivity index is 1.67. The topological polar surface area (TPSA) is 129 Å². The van der Waals surface area contributed by atoms with Crippen LogP contribution in [-0.4, -0.2) is 33.3 Å². The fourth-order valence-electron chi connectivity index (χ4n) is 3.59. The van der Waals surface area contributed by atoms with Gasteiger partial charge in [0.05, 0.1) is 27.7 Å². The van der Waals surface area contributed by atoms with E-state index in [1.807, 2.05) is 6.92 Å². The van der Waals surface area contributed by atoms with Crippen molar-refractivity contribution < 1.29 is 18.8 Å². The summed E-state index contributed by atoms with van der Waals surface area (Å²) in [5.41, 5.74) is 0.0178. The molecule has 1 N–H and O–H groups in total. The number of nitro benzene ring substituents is 1. The lowest BCUT2D eigenvalue weighted by molar-refractivity contribution is -0.384. The molecule has 0 saturated carbocycles. The molecule has 0 atom stereocenters. The number of benzene rings is 3. The molecule has 1 heterocycles. The summed E-state index contributed by atoms with van der Waals surface area (Å²) >= 11 is 3.35. The van der Waals surface area contributed by atoms with Crippen LogP contribution >= 0.6 is 15.9 Å². The molecule has 0 radical (unpaired) electrons. The molecule has 1 aromatic heterocycles. The Morgan fingerprint density at radius 2 is 2.03 bits per heavy atom. The van der Waals surface area contributed by atoms with E-state index in [1.165, 1.54) is 42.6 Å². The standard InChI is InChI=1S/C26H21BrFN5O5/c1-2-5-24-30-21-10-8-17(27)13-19(21)26(35)32(24)29-14-16-12-18(33(36)37)9-11-23(16)38-15-25(34)31-22-7-4-3-6-20(22)28/h3-4,6-14H,2,5,15H2,1H3,(H,31,34). The number of carbonyl (C=O) groups excluding carboxylic acids is 1. The van der Waals surface area contributed by atoms with Crippen molar-refractivity contribution >= 4 is 50.3 Å². The molecule has 1 amide bonds. The average Bonchev–Trinajstić information content (AvgIpc) is 2.89. The van der Waals surface area contributed by atoms with Crippen LogP contribution in [0.2, 0.25) is 0 Å². The fourth-order valence-corrected chi connectivity index (χ4v) is 3.95. The number of hydrogen-bond donors (Lipinski definition) is 1. The van der Waals surface area contributed by atoms with E-state index < -0.39 is 28.8 Å². The minimum atomic E-state index is -0.637. The zero-order valence-electron chi connectivity index (χ0n) is 20.1. The summed E-state index contributed by atoms with van der Waals surface area (Å²) in [6, 6.07) is 14.6. The molecule has 10 nitrogen and oxygen atoms in total. The number of carbonyl (C=O) groups is 1. The summed E-state index contributed by atoms with van der Waals surface area (Å²) in [5.74, 6) is -0.721. The van der Waals surface area contributed by atoms with Crippen molar-refractivity contribution in [3.8, 4) is 5.75 Å². The third-order valence-corrected chi connectivity index (χ3v) is 5.87. The molecule has 0 aliphatic heterocycles. The van der Waals surface area contributed by atoms with Gasteiger partial charge in [0.1, 0.15) is 17.4 Å². The molecule has 0 aliphatic carbocycles.